The van der Waals surface area contributed by atoms with Gasteiger partial charge in [-0.25, -0.2) is 4.79 Å². The number of carbonyl (C=O) groups excluding carboxylic acids is 1. The monoisotopic (exact) mass is 388 g/mol. The highest BCUT2D eigenvalue weighted by molar-refractivity contribution is 7.99. The summed E-state index contributed by atoms with van der Waals surface area (Å²) in [6, 6.07) is 16.1. The lowest BCUT2D eigenvalue weighted by atomic mass is 9.99. The zero-order valence-corrected chi connectivity index (χ0v) is 15.8. The topological polar surface area (TPSA) is 104 Å². The predicted octanol–water partition coefficient (Wildman–Crippen LogP) is 3.66. The number of phenolic OH excluding ortho intramolecular Hbond substituents is 1. The number of hydrogen-bond donors (Lipinski definition) is 3. The molecule has 0 atom stereocenters. The predicted molar refractivity (Wildman–Crippen MR) is 106 cm³/mol. The molecular formula is C20H24N2O4S. The third-order valence-electron chi connectivity index (χ3n) is 4.27. The molecule has 2 amide bonds. The van der Waals surface area contributed by atoms with Gasteiger partial charge in [-0.15, -0.1) is 11.8 Å². The number of rotatable bonds is 4. The Morgan fingerprint density at radius 2 is 1.63 bits per heavy atom. The largest absolute Gasteiger partial charge is 0.508 e. The smallest absolute Gasteiger partial charge is 0.407 e. The average molecular weight is 388 g/mol. The normalized spacial score (nSPS) is 14.1. The minimum atomic E-state index is -0.779. The van der Waals surface area contributed by atoms with Crippen LogP contribution in [-0.2, 0) is 0 Å². The molecule has 1 aliphatic rings. The molecule has 0 bridgehead atoms. The van der Waals surface area contributed by atoms with E-state index in [4.69, 9.17) is 15.9 Å². The molecule has 0 unspecified atom stereocenters. The van der Waals surface area contributed by atoms with E-state index in [1.54, 1.807) is 0 Å². The first-order valence-corrected chi connectivity index (χ1v) is 9.69. The Kier molecular flexibility index (Phi) is 8.00. The number of amides is 2. The number of hydrogen-bond acceptors (Lipinski definition) is 4. The number of nitrogens with two attached hydrogens (primary N) is 1. The van der Waals surface area contributed by atoms with Crippen LogP contribution in [0.15, 0.2) is 59.5 Å². The van der Waals surface area contributed by atoms with Crippen molar-refractivity contribution in [2.75, 3.05) is 18.8 Å². The highest BCUT2D eigenvalue weighted by Gasteiger charge is 2.22. The number of primary amides is 1. The number of nitrogens with zero attached hydrogens (tertiary/aromatic N) is 1. The fourth-order valence-electron chi connectivity index (χ4n) is 2.65. The molecular weight excluding hydrogens is 364 g/mol. The number of thioether (sulfide) groups is 1. The van der Waals surface area contributed by atoms with Gasteiger partial charge in [0.1, 0.15) is 5.75 Å². The van der Waals surface area contributed by atoms with E-state index in [0.29, 0.717) is 24.6 Å². The van der Waals surface area contributed by atoms with E-state index in [1.807, 2.05) is 17.8 Å². The molecule has 1 aliphatic heterocycles. The average Bonchev–Trinajstić information content (AvgIpc) is 2.68. The number of carboxylic acid groups (broad SMARTS) is 1. The minimum absolute atomic E-state index is 0.130. The molecule has 144 valence electrons. The van der Waals surface area contributed by atoms with Crippen LogP contribution in [0.25, 0.3) is 0 Å². The van der Waals surface area contributed by atoms with Crippen molar-refractivity contribution >= 4 is 23.8 Å². The quantitative estimate of drug-likeness (QED) is 0.694. The third-order valence-corrected chi connectivity index (χ3v) is 5.51. The SMILES string of the molecule is NC(=O)c1ccc(O)cc1.O=C(O)N1CCC(CSc2ccccc2)CC1. The lowest BCUT2D eigenvalue weighted by molar-refractivity contribution is 0.1000. The highest BCUT2D eigenvalue weighted by Crippen LogP contribution is 2.26. The first-order valence-electron chi connectivity index (χ1n) is 8.70. The molecule has 4 N–H and O–H groups in total. The van der Waals surface area contributed by atoms with Crippen molar-refractivity contribution in [1.29, 1.82) is 0 Å². The molecule has 2 aromatic rings. The van der Waals surface area contributed by atoms with E-state index in [-0.39, 0.29) is 5.75 Å². The molecule has 0 aromatic heterocycles. The van der Waals surface area contributed by atoms with Crippen LogP contribution < -0.4 is 5.73 Å². The highest BCUT2D eigenvalue weighted by atomic mass is 32.2. The summed E-state index contributed by atoms with van der Waals surface area (Å²) >= 11 is 1.87. The first kappa shape index (κ1) is 20.6. The Labute approximate surface area is 163 Å². The van der Waals surface area contributed by atoms with E-state index in [0.717, 1.165) is 18.6 Å². The summed E-state index contributed by atoms with van der Waals surface area (Å²) in [5.74, 6) is 1.39. The van der Waals surface area contributed by atoms with Crippen molar-refractivity contribution in [2.45, 2.75) is 17.7 Å². The fourth-order valence-corrected chi connectivity index (χ4v) is 3.76. The van der Waals surface area contributed by atoms with Gasteiger partial charge in [-0.2, -0.15) is 0 Å². The van der Waals surface area contributed by atoms with Crippen LogP contribution in [0, 0.1) is 5.92 Å². The summed E-state index contributed by atoms with van der Waals surface area (Å²) in [4.78, 5) is 24.0. The molecule has 1 heterocycles. The summed E-state index contributed by atoms with van der Waals surface area (Å²) in [6.07, 6.45) is 1.21. The first-order chi connectivity index (χ1) is 13.0. The third kappa shape index (κ3) is 7.22. The van der Waals surface area contributed by atoms with Crippen LogP contribution in [0.1, 0.15) is 23.2 Å². The Bertz CT molecular complexity index is 729. The van der Waals surface area contributed by atoms with Gasteiger partial charge in [0.25, 0.3) is 0 Å². The maximum absolute atomic E-state index is 10.8. The van der Waals surface area contributed by atoms with Gasteiger partial charge in [0, 0.05) is 29.3 Å². The fraction of sp³-hybridized carbons (Fsp3) is 0.300. The molecule has 6 nitrogen and oxygen atoms in total. The summed E-state index contributed by atoms with van der Waals surface area (Å²) in [5.41, 5.74) is 5.34. The Morgan fingerprint density at radius 3 is 2.15 bits per heavy atom. The van der Waals surface area contributed by atoms with E-state index in [2.05, 4.69) is 24.3 Å². The molecule has 3 rings (SSSR count). The van der Waals surface area contributed by atoms with Crippen molar-refractivity contribution < 1.29 is 19.8 Å². The molecule has 0 saturated carbocycles. The van der Waals surface area contributed by atoms with Crippen LogP contribution in [-0.4, -0.2) is 46.0 Å². The summed E-state index contributed by atoms with van der Waals surface area (Å²) in [5, 5.41) is 17.6. The number of piperidine rings is 1. The number of aromatic hydroxyl groups is 1. The van der Waals surface area contributed by atoms with E-state index in [1.165, 1.54) is 34.1 Å². The van der Waals surface area contributed by atoms with Gasteiger partial charge in [0.05, 0.1) is 0 Å². The molecule has 1 saturated heterocycles. The molecule has 0 radical (unpaired) electrons. The van der Waals surface area contributed by atoms with Gasteiger partial charge >= 0.3 is 6.09 Å². The van der Waals surface area contributed by atoms with Crippen LogP contribution in [0.2, 0.25) is 0 Å². The van der Waals surface area contributed by atoms with Gasteiger partial charge in [-0.3, -0.25) is 4.79 Å². The molecule has 1 fully saturated rings. The summed E-state index contributed by atoms with van der Waals surface area (Å²) in [6.45, 7) is 1.38. The molecule has 7 heteroatoms. The van der Waals surface area contributed by atoms with Gasteiger partial charge in [-0.05, 0) is 55.2 Å². The lowest BCUT2D eigenvalue weighted by Crippen LogP contribution is -2.37. The van der Waals surface area contributed by atoms with E-state index >= 15 is 0 Å². The maximum Gasteiger partial charge on any atom is 0.407 e. The van der Waals surface area contributed by atoms with Crippen LogP contribution in [0.5, 0.6) is 5.75 Å². The number of carbonyl (C=O) groups is 2. The molecule has 0 aliphatic carbocycles. The number of phenols is 1. The van der Waals surface area contributed by atoms with Crippen molar-refractivity contribution in [3.8, 4) is 5.75 Å². The van der Waals surface area contributed by atoms with Crippen molar-refractivity contribution in [2.24, 2.45) is 11.7 Å². The van der Waals surface area contributed by atoms with Gasteiger partial charge in [0.2, 0.25) is 5.91 Å². The Morgan fingerprint density at radius 1 is 1.04 bits per heavy atom. The maximum atomic E-state index is 10.8. The molecule has 27 heavy (non-hydrogen) atoms. The second kappa shape index (κ2) is 10.5. The second-order valence-corrected chi connectivity index (χ2v) is 7.34. The zero-order chi connectivity index (χ0) is 19.6. The number of benzene rings is 2. The van der Waals surface area contributed by atoms with E-state index in [9.17, 15) is 9.59 Å². The van der Waals surface area contributed by atoms with Crippen LogP contribution in [0.4, 0.5) is 4.79 Å². The standard InChI is InChI=1S/C13H17NO2S.C7H7NO2/c15-13(16)14-8-6-11(7-9-14)10-17-12-4-2-1-3-5-12;8-7(10)5-1-3-6(9)4-2-5/h1-5,11H,6-10H2,(H,15,16);1-4,9H,(H2,8,10). The van der Waals surface area contributed by atoms with Crippen LogP contribution >= 0.6 is 11.8 Å². The Balaban J connectivity index is 0.000000223. The Hall–Kier alpha value is -2.67. The minimum Gasteiger partial charge on any atom is -0.508 e. The second-order valence-electron chi connectivity index (χ2n) is 6.25. The van der Waals surface area contributed by atoms with Gasteiger partial charge in [0.15, 0.2) is 0 Å². The van der Waals surface area contributed by atoms with Gasteiger partial charge < -0.3 is 20.8 Å². The number of likely N-dealkylation sites (tertiary alicyclic amines) is 1. The summed E-state index contributed by atoms with van der Waals surface area (Å²) < 4.78 is 0. The zero-order valence-electron chi connectivity index (χ0n) is 15.0. The van der Waals surface area contributed by atoms with E-state index < -0.39 is 12.0 Å². The van der Waals surface area contributed by atoms with Gasteiger partial charge in [-0.1, -0.05) is 18.2 Å². The van der Waals surface area contributed by atoms with Crippen LogP contribution in [0.3, 0.4) is 0 Å². The van der Waals surface area contributed by atoms with Crippen molar-refractivity contribution in [1.82, 2.24) is 4.90 Å². The molecule has 2 aromatic carbocycles. The van der Waals surface area contributed by atoms with Crippen molar-refractivity contribution in [3.05, 3.63) is 60.2 Å². The lowest BCUT2D eigenvalue weighted by Gasteiger charge is -2.29. The van der Waals surface area contributed by atoms with Crippen molar-refractivity contribution in [3.63, 3.8) is 0 Å². The molecule has 0 spiro atoms. The summed E-state index contributed by atoms with van der Waals surface area (Å²) in [7, 11) is 0.